The fourth-order valence-electron chi connectivity index (χ4n) is 2.96. The van der Waals surface area contributed by atoms with Crippen LogP contribution in [0.4, 0.5) is 5.82 Å². The van der Waals surface area contributed by atoms with Gasteiger partial charge in [0.2, 0.25) is 0 Å². The van der Waals surface area contributed by atoms with Crippen molar-refractivity contribution in [3.8, 4) is 0 Å². The first-order valence-corrected chi connectivity index (χ1v) is 7.24. The van der Waals surface area contributed by atoms with Crippen LogP contribution in [0.3, 0.4) is 0 Å². The summed E-state index contributed by atoms with van der Waals surface area (Å²) in [5, 5.41) is 0. The summed E-state index contributed by atoms with van der Waals surface area (Å²) < 4.78 is 0. The first-order chi connectivity index (χ1) is 9.81. The Hall–Kier alpha value is -1.94. The van der Waals surface area contributed by atoms with Crippen molar-refractivity contribution in [1.29, 1.82) is 0 Å². The first-order valence-electron chi connectivity index (χ1n) is 7.24. The Morgan fingerprint density at radius 1 is 1.30 bits per heavy atom. The van der Waals surface area contributed by atoms with Crippen LogP contribution in [-0.4, -0.2) is 9.97 Å². The Labute approximate surface area is 119 Å². The summed E-state index contributed by atoms with van der Waals surface area (Å²) in [6, 6.07) is 10.5. The second-order valence-electron chi connectivity index (χ2n) is 5.29. The van der Waals surface area contributed by atoms with Crippen LogP contribution >= 0.6 is 0 Å². The molecule has 4 nitrogen and oxygen atoms in total. The van der Waals surface area contributed by atoms with Crippen LogP contribution in [-0.2, 0) is 12.8 Å². The molecule has 0 saturated heterocycles. The third kappa shape index (κ3) is 2.39. The van der Waals surface area contributed by atoms with Crippen molar-refractivity contribution in [1.82, 2.24) is 9.97 Å². The third-order valence-corrected chi connectivity index (χ3v) is 3.90. The van der Waals surface area contributed by atoms with Crippen LogP contribution in [0.1, 0.15) is 48.3 Å². The Morgan fingerprint density at radius 2 is 2.15 bits per heavy atom. The van der Waals surface area contributed by atoms with Gasteiger partial charge in [0, 0.05) is 17.7 Å². The van der Waals surface area contributed by atoms with E-state index in [2.05, 4.69) is 41.6 Å². The van der Waals surface area contributed by atoms with Gasteiger partial charge in [-0.2, -0.15) is 0 Å². The molecule has 3 N–H and O–H groups in total. The van der Waals surface area contributed by atoms with Gasteiger partial charge in [0.1, 0.15) is 11.6 Å². The zero-order valence-electron chi connectivity index (χ0n) is 11.8. The van der Waals surface area contributed by atoms with Crippen molar-refractivity contribution in [3.63, 3.8) is 0 Å². The average molecular weight is 268 g/mol. The van der Waals surface area contributed by atoms with Crippen LogP contribution in [0.25, 0.3) is 0 Å². The van der Waals surface area contributed by atoms with Crippen LogP contribution < -0.4 is 11.3 Å². The van der Waals surface area contributed by atoms with Crippen molar-refractivity contribution in [2.24, 2.45) is 5.84 Å². The topological polar surface area (TPSA) is 63.8 Å². The standard InChI is InChI=1S/C16H20N4/c1-2-5-12-10-15(20-17)19-16(18-12)14-9-8-11-6-3-4-7-13(11)14/h3-4,6-7,10,14H,2,5,8-9,17H2,1H3,(H,18,19,20). The van der Waals surface area contributed by atoms with Gasteiger partial charge in [-0.25, -0.2) is 15.8 Å². The summed E-state index contributed by atoms with van der Waals surface area (Å²) in [7, 11) is 0. The number of nitrogens with one attached hydrogen (secondary N) is 1. The highest BCUT2D eigenvalue weighted by molar-refractivity contribution is 5.41. The minimum absolute atomic E-state index is 0.301. The van der Waals surface area contributed by atoms with Gasteiger partial charge in [0.15, 0.2) is 0 Å². The zero-order valence-corrected chi connectivity index (χ0v) is 11.8. The maximum Gasteiger partial charge on any atom is 0.143 e. The summed E-state index contributed by atoms with van der Waals surface area (Å²) in [5.41, 5.74) is 6.51. The molecule has 1 heterocycles. The van der Waals surface area contributed by atoms with Gasteiger partial charge in [-0.3, -0.25) is 0 Å². The van der Waals surface area contributed by atoms with Crippen molar-refractivity contribution in [2.75, 3.05) is 5.43 Å². The molecule has 1 aromatic carbocycles. The molecule has 0 amide bonds. The molecule has 1 aliphatic carbocycles. The van der Waals surface area contributed by atoms with E-state index in [0.717, 1.165) is 37.2 Å². The molecule has 4 heteroatoms. The van der Waals surface area contributed by atoms with Gasteiger partial charge >= 0.3 is 0 Å². The van der Waals surface area contributed by atoms with Crippen molar-refractivity contribution in [2.45, 2.75) is 38.5 Å². The lowest BCUT2D eigenvalue weighted by atomic mass is 10.0. The van der Waals surface area contributed by atoms with Crippen LogP contribution in [0.15, 0.2) is 30.3 Å². The molecule has 0 spiro atoms. The highest BCUT2D eigenvalue weighted by atomic mass is 15.3. The predicted molar refractivity (Wildman–Crippen MR) is 80.4 cm³/mol. The highest BCUT2D eigenvalue weighted by Gasteiger charge is 2.26. The lowest BCUT2D eigenvalue weighted by Gasteiger charge is -2.13. The molecule has 1 unspecified atom stereocenters. The zero-order chi connectivity index (χ0) is 13.9. The number of nitrogens with zero attached hydrogens (tertiary/aromatic N) is 2. The van der Waals surface area contributed by atoms with Gasteiger partial charge in [-0.15, -0.1) is 0 Å². The molecule has 0 fully saturated rings. The number of hydrazine groups is 1. The van der Waals surface area contributed by atoms with Gasteiger partial charge in [0.05, 0.1) is 0 Å². The summed E-state index contributed by atoms with van der Waals surface area (Å²) in [4.78, 5) is 9.31. The number of nitrogen functional groups attached to an aromatic ring is 1. The second-order valence-corrected chi connectivity index (χ2v) is 5.29. The predicted octanol–water partition coefficient (Wildman–Crippen LogP) is 2.79. The fraction of sp³-hybridized carbons (Fsp3) is 0.375. The van der Waals surface area contributed by atoms with E-state index in [1.54, 1.807) is 0 Å². The van der Waals surface area contributed by atoms with Crippen LogP contribution in [0.5, 0.6) is 0 Å². The smallest absolute Gasteiger partial charge is 0.143 e. The number of aryl methyl sites for hydroxylation is 2. The molecular formula is C16H20N4. The van der Waals surface area contributed by atoms with E-state index >= 15 is 0 Å². The maximum atomic E-state index is 5.54. The molecule has 1 atom stereocenters. The number of hydrogen-bond donors (Lipinski definition) is 2. The second kappa shape index (κ2) is 5.59. The number of anilines is 1. The molecule has 0 aliphatic heterocycles. The summed E-state index contributed by atoms with van der Waals surface area (Å²) in [6.07, 6.45) is 4.22. The number of hydrogen-bond acceptors (Lipinski definition) is 4. The molecule has 2 aromatic rings. The van der Waals surface area contributed by atoms with E-state index in [9.17, 15) is 0 Å². The van der Waals surface area contributed by atoms with Crippen LogP contribution in [0, 0.1) is 0 Å². The van der Waals surface area contributed by atoms with E-state index in [1.807, 2.05) is 6.07 Å². The van der Waals surface area contributed by atoms with Crippen molar-refractivity contribution in [3.05, 3.63) is 53.0 Å². The number of benzene rings is 1. The molecule has 0 bridgehead atoms. The quantitative estimate of drug-likeness (QED) is 0.661. The Morgan fingerprint density at radius 3 is 2.95 bits per heavy atom. The molecule has 0 saturated carbocycles. The normalized spacial score (nSPS) is 17.0. The SMILES string of the molecule is CCCc1cc(NN)nc(C2CCc3ccccc32)n1. The van der Waals surface area contributed by atoms with E-state index in [0.29, 0.717) is 11.7 Å². The van der Waals surface area contributed by atoms with Crippen molar-refractivity contribution < 1.29 is 0 Å². The first kappa shape index (κ1) is 13.1. The third-order valence-electron chi connectivity index (χ3n) is 3.90. The van der Waals surface area contributed by atoms with Gasteiger partial charge in [-0.05, 0) is 30.4 Å². The lowest BCUT2D eigenvalue weighted by Crippen LogP contribution is -2.13. The van der Waals surface area contributed by atoms with E-state index in [4.69, 9.17) is 10.8 Å². The number of nitrogens with two attached hydrogens (primary N) is 1. The number of rotatable bonds is 4. The Kier molecular flexibility index (Phi) is 3.65. The molecule has 1 aromatic heterocycles. The fourth-order valence-corrected chi connectivity index (χ4v) is 2.96. The minimum atomic E-state index is 0.301. The summed E-state index contributed by atoms with van der Waals surface area (Å²) in [6.45, 7) is 2.15. The van der Waals surface area contributed by atoms with Gasteiger partial charge in [-0.1, -0.05) is 37.6 Å². The molecule has 20 heavy (non-hydrogen) atoms. The van der Waals surface area contributed by atoms with E-state index in [1.165, 1.54) is 11.1 Å². The molecule has 0 radical (unpaired) electrons. The monoisotopic (exact) mass is 268 g/mol. The molecule has 104 valence electrons. The Bertz CT molecular complexity index is 609. The Balaban J connectivity index is 2.00. The van der Waals surface area contributed by atoms with Crippen LogP contribution in [0.2, 0.25) is 0 Å². The summed E-state index contributed by atoms with van der Waals surface area (Å²) in [5.74, 6) is 7.45. The summed E-state index contributed by atoms with van der Waals surface area (Å²) >= 11 is 0. The van der Waals surface area contributed by atoms with Gasteiger partial charge < -0.3 is 5.43 Å². The van der Waals surface area contributed by atoms with E-state index in [-0.39, 0.29) is 0 Å². The average Bonchev–Trinajstić information content (AvgIpc) is 2.91. The number of aromatic nitrogens is 2. The molecule has 3 rings (SSSR count). The molecule has 1 aliphatic rings. The number of fused-ring (bicyclic) bond motifs is 1. The maximum absolute atomic E-state index is 5.54. The largest absolute Gasteiger partial charge is 0.308 e. The molecular weight excluding hydrogens is 248 g/mol. The highest BCUT2D eigenvalue weighted by Crippen LogP contribution is 2.36. The van der Waals surface area contributed by atoms with E-state index < -0.39 is 0 Å². The van der Waals surface area contributed by atoms with Gasteiger partial charge in [0.25, 0.3) is 0 Å². The van der Waals surface area contributed by atoms with Crippen molar-refractivity contribution >= 4 is 5.82 Å². The minimum Gasteiger partial charge on any atom is -0.308 e. The lowest BCUT2D eigenvalue weighted by molar-refractivity contribution is 0.714.